The largest absolute Gasteiger partial charge is 0.295 e. The second kappa shape index (κ2) is 2.57. The van der Waals surface area contributed by atoms with Crippen LogP contribution in [0.5, 0.6) is 0 Å². The van der Waals surface area contributed by atoms with Crippen molar-refractivity contribution < 1.29 is 4.79 Å². The maximum absolute atomic E-state index is 11.2. The van der Waals surface area contributed by atoms with Crippen LogP contribution in [0.3, 0.4) is 0 Å². The van der Waals surface area contributed by atoms with Crippen LogP contribution < -0.4 is 0 Å². The summed E-state index contributed by atoms with van der Waals surface area (Å²) >= 11 is 0. The first-order valence-electron chi connectivity index (χ1n) is 3.89. The third-order valence-corrected chi connectivity index (χ3v) is 2.40. The average molecular weight is 138 g/mol. The van der Waals surface area contributed by atoms with Crippen LogP contribution in [-0.2, 0) is 4.79 Å². The van der Waals surface area contributed by atoms with Crippen molar-refractivity contribution in [2.75, 3.05) is 0 Å². The quantitative estimate of drug-likeness (QED) is 0.543. The monoisotopic (exact) mass is 138 g/mol. The molecule has 0 N–H and O–H groups in total. The fourth-order valence-corrected chi connectivity index (χ4v) is 1.55. The Hall–Kier alpha value is -0.590. The van der Waals surface area contributed by atoms with Crippen LogP contribution in [0.1, 0.15) is 33.6 Å². The molecule has 0 aromatic carbocycles. The highest BCUT2D eigenvalue weighted by molar-refractivity contribution is 5.98. The zero-order chi connectivity index (χ0) is 7.72. The molecule has 1 aliphatic carbocycles. The Balaban J connectivity index is 2.90. The molecule has 0 radical (unpaired) electrons. The summed E-state index contributed by atoms with van der Waals surface area (Å²) < 4.78 is 0. The van der Waals surface area contributed by atoms with Crippen molar-refractivity contribution in [2.45, 2.75) is 33.6 Å². The van der Waals surface area contributed by atoms with Gasteiger partial charge in [-0.25, -0.2) is 0 Å². The van der Waals surface area contributed by atoms with Crippen molar-refractivity contribution in [1.82, 2.24) is 0 Å². The summed E-state index contributed by atoms with van der Waals surface area (Å²) in [5, 5.41) is 0. The zero-order valence-electron chi connectivity index (χ0n) is 6.90. The second-order valence-corrected chi connectivity index (χ2v) is 3.04. The van der Waals surface area contributed by atoms with Crippen molar-refractivity contribution in [2.24, 2.45) is 5.92 Å². The van der Waals surface area contributed by atoms with E-state index < -0.39 is 0 Å². The van der Waals surface area contributed by atoms with E-state index in [9.17, 15) is 4.79 Å². The van der Waals surface area contributed by atoms with Crippen molar-refractivity contribution in [1.29, 1.82) is 0 Å². The Morgan fingerprint density at radius 3 is 2.40 bits per heavy atom. The molecule has 1 aliphatic rings. The Morgan fingerprint density at radius 2 is 2.20 bits per heavy atom. The summed E-state index contributed by atoms with van der Waals surface area (Å²) in [5.74, 6) is 0.870. The Morgan fingerprint density at radius 1 is 1.60 bits per heavy atom. The fraction of sp³-hybridized carbons (Fsp3) is 0.667. The van der Waals surface area contributed by atoms with E-state index in [0.717, 1.165) is 18.4 Å². The summed E-state index contributed by atoms with van der Waals surface area (Å²) in [4.78, 5) is 11.2. The van der Waals surface area contributed by atoms with E-state index in [1.165, 1.54) is 5.57 Å². The van der Waals surface area contributed by atoms with Gasteiger partial charge in [0, 0.05) is 6.42 Å². The maximum Gasteiger partial charge on any atom is 0.159 e. The molecule has 1 atom stereocenters. The van der Waals surface area contributed by atoms with Crippen LogP contribution >= 0.6 is 0 Å². The molecule has 0 aliphatic heterocycles. The highest BCUT2D eigenvalue weighted by atomic mass is 16.1. The molecule has 0 saturated carbocycles. The first kappa shape index (κ1) is 7.52. The van der Waals surface area contributed by atoms with Crippen molar-refractivity contribution >= 4 is 5.78 Å². The van der Waals surface area contributed by atoms with Gasteiger partial charge in [0.1, 0.15) is 0 Å². The van der Waals surface area contributed by atoms with Crippen LogP contribution in [0.15, 0.2) is 11.1 Å². The molecule has 1 unspecified atom stereocenters. The van der Waals surface area contributed by atoms with Gasteiger partial charge in [0.05, 0.1) is 0 Å². The molecule has 56 valence electrons. The molecule has 0 saturated heterocycles. The Kier molecular flexibility index (Phi) is 1.93. The molecule has 0 heterocycles. The smallest absolute Gasteiger partial charge is 0.159 e. The number of Topliss-reactive ketones (excluding diaryl/α,β-unsaturated/α-hetero) is 1. The molecule has 0 fully saturated rings. The van der Waals surface area contributed by atoms with E-state index >= 15 is 0 Å². The van der Waals surface area contributed by atoms with E-state index in [-0.39, 0.29) is 0 Å². The minimum absolute atomic E-state index is 0.368. The Labute approximate surface area is 62.1 Å². The van der Waals surface area contributed by atoms with Crippen LogP contribution in [0.4, 0.5) is 0 Å². The molecule has 0 amide bonds. The molecule has 10 heavy (non-hydrogen) atoms. The summed E-state index contributed by atoms with van der Waals surface area (Å²) in [5.41, 5.74) is 2.39. The number of rotatable bonds is 1. The number of hydrogen-bond donors (Lipinski definition) is 0. The van der Waals surface area contributed by atoms with Gasteiger partial charge in [-0.1, -0.05) is 19.4 Å². The summed E-state index contributed by atoms with van der Waals surface area (Å²) in [6, 6.07) is 0. The fourth-order valence-electron chi connectivity index (χ4n) is 1.55. The number of carbonyl (C=O) groups excluding carboxylic acids is 1. The van der Waals surface area contributed by atoms with E-state index in [2.05, 4.69) is 20.8 Å². The maximum atomic E-state index is 11.2. The lowest BCUT2D eigenvalue weighted by atomic mass is 10.0. The van der Waals surface area contributed by atoms with Crippen LogP contribution in [0.25, 0.3) is 0 Å². The lowest BCUT2D eigenvalue weighted by Gasteiger charge is -1.99. The SMILES string of the molecule is CCC1=C(C)C(C)CC1=O. The second-order valence-electron chi connectivity index (χ2n) is 3.04. The van der Waals surface area contributed by atoms with E-state index in [4.69, 9.17) is 0 Å². The average Bonchev–Trinajstić information content (AvgIpc) is 2.09. The van der Waals surface area contributed by atoms with Gasteiger partial charge in [-0.15, -0.1) is 0 Å². The predicted octanol–water partition coefficient (Wildman–Crippen LogP) is 2.32. The highest BCUT2D eigenvalue weighted by Crippen LogP contribution is 2.29. The van der Waals surface area contributed by atoms with Gasteiger partial charge < -0.3 is 0 Å². The number of ketones is 1. The third kappa shape index (κ3) is 1.00. The van der Waals surface area contributed by atoms with Crippen LogP contribution in [0.2, 0.25) is 0 Å². The first-order chi connectivity index (χ1) is 4.66. The topological polar surface area (TPSA) is 17.1 Å². The van der Waals surface area contributed by atoms with Gasteiger partial charge in [0.25, 0.3) is 0 Å². The van der Waals surface area contributed by atoms with Crippen LogP contribution in [-0.4, -0.2) is 5.78 Å². The minimum Gasteiger partial charge on any atom is -0.295 e. The third-order valence-electron chi connectivity index (χ3n) is 2.40. The van der Waals surface area contributed by atoms with E-state index in [0.29, 0.717) is 11.7 Å². The van der Waals surface area contributed by atoms with Crippen molar-refractivity contribution in [3.63, 3.8) is 0 Å². The lowest BCUT2D eigenvalue weighted by molar-refractivity contribution is -0.115. The molecule has 0 aromatic heterocycles. The molecule has 0 spiro atoms. The highest BCUT2D eigenvalue weighted by Gasteiger charge is 2.24. The summed E-state index contributed by atoms with van der Waals surface area (Å²) in [6.07, 6.45) is 1.66. The van der Waals surface area contributed by atoms with Gasteiger partial charge in [0.2, 0.25) is 0 Å². The number of hydrogen-bond acceptors (Lipinski definition) is 1. The van der Waals surface area contributed by atoms with Gasteiger partial charge in [-0.05, 0) is 24.8 Å². The molecular weight excluding hydrogens is 124 g/mol. The minimum atomic E-state index is 0.368. The van der Waals surface area contributed by atoms with E-state index in [1.807, 2.05) is 0 Å². The van der Waals surface area contributed by atoms with Crippen LogP contribution in [0, 0.1) is 5.92 Å². The molecule has 0 aromatic rings. The van der Waals surface area contributed by atoms with Gasteiger partial charge in [0.15, 0.2) is 5.78 Å². The van der Waals surface area contributed by atoms with Gasteiger partial charge >= 0.3 is 0 Å². The molecule has 1 heteroatoms. The van der Waals surface area contributed by atoms with Gasteiger partial charge in [-0.3, -0.25) is 4.79 Å². The lowest BCUT2D eigenvalue weighted by Crippen LogP contribution is -1.94. The summed E-state index contributed by atoms with van der Waals surface area (Å²) in [7, 11) is 0. The number of carbonyl (C=O) groups is 1. The predicted molar refractivity (Wildman–Crippen MR) is 41.8 cm³/mol. The molecule has 0 bridgehead atoms. The first-order valence-corrected chi connectivity index (χ1v) is 3.89. The molecule has 1 nitrogen and oxygen atoms in total. The summed E-state index contributed by atoms with van der Waals surface area (Å²) in [6.45, 7) is 6.25. The Bertz CT molecular complexity index is 189. The van der Waals surface area contributed by atoms with Gasteiger partial charge in [-0.2, -0.15) is 0 Å². The number of allylic oxidation sites excluding steroid dienone is 2. The normalized spacial score (nSPS) is 26.3. The standard InChI is InChI=1S/C9H14O/c1-4-8-7(3)6(2)5-9(8)10/h6H,4-5H2,1-3H3. The van der Waals surface area contributed by atoms with Crippen molar-refractivity contribution in [3.05, 3.63) is 11.1 Å². The zero-order valence-corrected chi connectivity index (χ0v) is 6.90. The van der Waals surface area contributed by atoms with E-state index in [1.54, 1.807) is 0 Å². The molecular formula is C9H14O. The molecule has 1 rings (SSSR count). The van der Waals surface area contributed by atoms with Crippen molar-refractivity contribution in [3.8, 4) is 0 Å².